The van der Waals surface area contributed by atoms with E-state index < -0.39 is 40.9 Å². The molecular formula is C30H37N3O6S2. The van der Waals surface area contributed by atoms with Crippen LogP contribution >= 0.6 is 22.9 Å². The SMILES string of the molecule is COC(=O)[C@H]1C[C@@](Cc2ccsn2)(C(=O)OC(C)(C)C)N(C(=O)c2ccc(C(C)(C)C)c(OC)c2)[C@H]1c1nccs1. The van der Waals surface area contributed by atoms with Gasteiger partial charge in [-0.1, -0.05) is 26.8 Å². The first kappa shape index (κ1) is 30.6. The van der Waals surface area contributed by atoms with E-state index in [9.17, 15) is 14.4 Å². The molecule has 0 saturated carbocycles. The lowest BCUT2D eigenvalue weighted by Crippen LogP contribution is -2.57. The molecule has 220 valence electrons. The fraction of sp³-hybridized carbons (Fsp3) is 0.500. The quantitative estimate of drug-likeness (QED) is 0.323. The highest BCUT2D eigenvalue weighted by Crippen LogP contribution is 2.51. The molecule has 1 saturated heterocycles. The van der Waals surface area contributed by atoms with Crippen molar-refractivity contribution in [3.05, 3.63) is 63.1 Å². The Kier molecular flexibility index (Phi) is 8.61. The average Bonchev–Trinajstić information content (AvgIpc) is 3.67. The summed E-state index contributed by atoms with van der Waals surface area (Å²) in [6, 6.07) is 6.24. The first-order valence-corrected chi connectivity index (χ1v) is 15.1. The molecule has 0 radical (unpaired) electrons. The Balaban J connectivity index is 1.97. The number of carbonyl (C=O) groups excluding carboxylic acids is 3. The van der Waals surface area contributed by atoms with Crippen molar-refractivity contribution in [2.45, 2.75) is 77.0 Å². The van der Waals surface area contributed by atoms with Gasteiger partial charge in [-0.15, -0.1) is 11.3 Å². The summed E-state index contributed by atoms with van der Waals surface area (Å²) in [6.45, 7) is 11.5. The molecular weight excluding hydrogens is 562 g/mol. The molecule has 1 fully saturated rings. The molecule has 1 aliphatic rings. The molecule has 0 aliphatic carbocycles. The van der Waals surface area contributed by atoms with E-state index in [-0.39, 0.29) is 18.3 Å². The molecule has 0 unspecified atom stereocenters. The lowest BCUT2D eigenvalue weighted by Gasteiger charge is -2.40. The van der Waals surface area contributed by atoms with Crippen LogP contribution in [0.2, 0.25) is 0 Å². The van der Waals surface area contributed by atoms with Crippen LogP contribution in [0.15, 0.2) is 41.2 Å². The van der Waals surface area contributed by atoms with Crippen molar-refractivity contribution in [2.24, 2.45) is 5.92 Å². The molecule has 3 atom stereocenters. The van der Waals surface area contributed by atoms with Gasteiger partial charge in [0.15, 0.2) is 0 Å². The van der Waals surface area contributed by atoms with Crippen molar-refractivity contribution >= 4 is 40.7 Å². The molecule has 11 heteroatoms. The van der Waals surface area contributed by atoms with E-state index in [1.165, 1.54) is 34.9 Å². The van der Waals surface area contributed by atoms with Crippen LogP contribution in [0.25, 0.3) is 0 Å². The number of hydrogen-bond acceptors (Lipinski definition) is 10. The van der Waals surface area contributed by atoms with E-state index in [0.29, 0.717) is 22.0 Å². The minimum absolute atomic E-state index is 0.0146. The zero-order valence-electron chi connectivity index (χ0n) is 24.7. The number of amides is 1. The molecule has 0 spiro atoms. The van der Waals surface area contributed by atoms with Gasteiger partial charge in [0.1, 0.15) is 21.9 Å². The standard InChI is InChI=1S/C30H37N3O6S2/c1-28(2,3)21-10-9-18(15-22(21)37-7)25(34)33-23(24-31-12-14-40-24)20(26(35)38-8)17-30(33,16-19-11-13-41-32-19)27(36)39-29(4,5)6/h9-15,20,23H,16-17H2,1-8H3/t20-,23+,30-/m0/s1. The summed E-state index contributed by atoms with van der Waals surface area (Å²) in [5, 5.41) is 4.11. The first-order valence-electron chi connectivity index (χ1n) is 13.3. The Labute approximate surface area is 249 Å². The summed E-state index contributed by atoms with van der Waals surface area (Å²) in [5.74, 6) is -1.90. The second kappa shape index (κ2) is 11.5. The van der Waals surface area contributed by atoms with Gasteiger partial charge in [-0.3, -0.25) is 9.59 Å². The van der Waals surface area contributed by atoms with Gasteiger partial charge in [0.05, 0.1) is 31.9 Å². The number of likely N-dealkylation sites (tertiary alicyclic amines) is 1. The lowest BCUT2D eigenvalue weighted by atomic mass is 9.85. The Bertz CT molecular complexity index is 1390. The van der Waals surface area contributed by atoms with Gasteiger partial charge in [-0.05, 0) is 67.9 Å². The van der Waals surface area contributed by atoms with Crippen molar-refractivity contribution in [1.29, 1.82) is 0 Å². The highest BCUT2D eigenvalue weighted by Gasteiger charge is 2.63. The maximum absolute atomic E-state index is 14.7. The third-order valence-corrected chi connectivity index (χ3v) is 8.55. The van der Waals surface area contributed by atoms with Gasteiger partial charge in [-0.25, -0.2) is 9.78 Å². The maximum Gasteiger partial charge on any atom is 0.333 e. The van der Waals surface area contributed by atoms with Crippen molar-refractivity contribution in [3.63, 3.8) is 0 Å². The largest absolute Gasteiger partial charge is 0.496 e. The Hall–Kier alpha value is -3.31. The summed E-state index contributed by atoms with van der Waals surface area (Å²) < 4.78 is 21.3. The number of nitrogens with zero attached hydrogens (tertiary/aromatic N) is 3. The van der Waals surface area contributed by atoms with Crippen LogP contribution in [0.3, 0.4) is 0 Å². The fourth-order valence-electron chi connectivity index (χ4n) is 5.36. The van der Waals surface area contributed by atoms with Gasteiger partial charge < -0.3 is 19.1 Å². The molecule has 2 aromatic heterocycles. The maximum atomic E-state index is 14.7. The second-order valence-corrected chi connectivity index (χ2v) is 13.8. The van der Waals surface area contributed by atoms with Crippen LogP contribution in [0, 0.1) is 5.92 Å². The molecule has 1 amide bonds. The minimum atomic E-state index is -1.57. The van der Waals surface area contributed by atoms with Crippen molar-refractivity contribution in [2.75, 3.05) is 14.2 Å². The van der Waals surface area contributed by atoms with E-state index >= 15 is 0 Å². The fourth-order valence-corrected chi connectivity index (χ4v) is 6.69. The van der Waals surface area contributed by atoms with Crippen LogP contribution in [-0.4, -0.2) is 57.5 Å². The van der Waals surface area contributed by atoms with Crippen molar-refractivity contribution < 1.29 is 28.6 Å². The highest BCUT2D eigenvalue weighted by molar-refractivity contribution is 7.09. The van der Waals surface area contributed by atoms with E-state index in [1.807, 2.05) is 17.5 Å². The highest BCUT2D eigenvalue weighted by atomic mass is 32.1. The van der Waals surface area contributed by atoms with Gasteiger partial charge in [0, 0.05) is 28.9 Å². The molecule has 3 aromatic rings. The number of methoxy groups -OCH3 is 2. The van der Waals surface area contributed by atoms with Crippen molar-refractivity contribution in [3.8, 4) is 5.75 Å². The third-order valence-electron chi connectivity index (χ3n) is 7.11. The second-order valence-electron chi connectivity index (χ2n) is 12.2. The summed E-state index contributed by atoms with van der Waals surface area (Å²) in [6.07, 6.45) is 1.66. The summed E-state index contributed by atoms with van der Waals surface area (Å²) >= 11 is 2.56. The van der Waals surface area contributed by atoms with Gasteiger partial charge in [-0.2, -0.15) is 4.37 Å². The van der Waals surface area contributed by atoms with Gasteiger partial charge in [0.25, 0.3) is 5.91 Å². The van der Waals surface area contributed by atoms with E-state index in [2.05, 4.69) is 30.1 Å². The summed E-state index contributed by atoms with van der Waals surface area (Å²) in [7, 11) is 2.87. The number of hydrogen-bond donors (Lipinski definition) is 0. The topological polar surface area (TPSA) is 108 Å². The van der Waals surface area contributed by atoms with Crippen LogP contribution in [0.5, 0.6) is 5.75 Å². The lowest BCUT2D eigenvalue weighted by molar-refractivity contribution is -0.167. The third kappa shape index (κ3) is 6.16. The van der Waals surface area contributed by atoms with Gasteiger partial charge >= 0.3 is 11.9 Å². The number of benzene rings is 1. The average molecular weight is 600 g/mol. The zero-order valence-corrected chi connectivity index (χ0v) is 26.4. The molecule has 41 heavy (non-hydrogen) atoms. The number of thiazole rings is 1. The Morgan fingerprint density at radius 3 is 2.34 bits per heavy atom. The van der Waals surface area contributed by atoms with E-state index in [0.717, 1.165) is 5.56 Å². The monoisotopic (exact) mass is 599 g/mol. The molecule has 3 heterocycles. The van der Waals surface area contributed by atoms with Crippen LogP contribution < -0.4 is 4.74 Å². The molecule has 0 bridgehead atoms. The number of aromatic nitrogens is 2. The van der Waals surface area contributed by atoms with E-state index in [4.69, 9.17) is 14.2 Å². The first-order chi connectivity index (χ1) is 19.2. The molecule has 9 nitrogen and oxygen atoms in total. The minimum Gasteiger partial charge on any atom is -0.496 e. The number of esters is 2. The smallest absolute Gasteiger partial charge is 0.333 e. The summed E-state index contributed by atoms with van der Waals surface area (Å²) in [5.41, 5.74) is -0.786. The normalized spacial score (nSPS) is 21.0. The van der Waals surface area contributed by atoms with Gasteiger partial charge in [0.2, 0.25) is 0 Å². The molecule has 1 aromatic carbocycles. The van der Waals surface area contributed by atoms with Crippen LogP contribution in [0.4, 0.5) is 0 Å². The number of carbonyl (C=O) groups is 3. The van der Waals surface area contributed by atoms with Crippen LogP contribution in [0.1, 0.15) is 80.6 Å². The Morgan fingerprint density at radius 1 is 1.07 bits per heavy atom. The molecule has 0 N–H and O–H groups in total. The predicted molar refractivity (Wildman–Crippen MR) is 157 cm³/mol. The van der Waals surface area contributed by atoms with E-state index in [1.54, 1.807) is 51.6 Å². The van der Waals surface area contributed by atoms with Crippen LogP contribution in [-0.2, 0) is 30.9 Å². The number of ether oxygens (including phenoxy) is 3. The zero-order chi connectivity index (χ0) is 30.2. The molecule has 4 rings (SSSR count). The summed E-state index contributed by atoms with van der Waals surface area (Å²) in [4.78, 5) is 48.3. The predicted octanol–water partition coefficient (Wildman–Crippen LogP) is 5.61. The Morgan fingerprint density at radius 2 is 1.80 bits per heavy atom. The van der Waals surface area contributed by atoms with Crippen molar-refractivity contribution in [1.82, 2.24) is 14.3 Å². The number of rotatable bonds is 7. The molecule has 1 aliphatic heterocycles.